The summed E-state index contributed by atoms with van der Waals surface area (Å²) in [6.45, 7) is 1.94. The minimum absolute atomic E-state index is 0.138. The number of carbonyl (C=O) groups excluding carboxylic acids is 2. The first-order valence-corrected chi connectivity index (χ1v) is 9.79. The predicted octanol–water partition coefficient (Wildman–Crippen LogP) is 4.25. The van der Waals surface area contributed by atoms with E-state index in [1.165, 1.54) is 16.7 Å². The Bertz CT molecular complexity index is 771. The summed E-state index contributed by atoms with van der Waals surface area (Å²) in [5, 5.41) is 3.58. The summed E-state index contributed by atoms with van der Waals surface area (Å²) >= 11 is 13.6. The van der Waals surface area contributed by atoms with Gasteiger partial charge in [0, 0.05) is 28.5 Å². The van der Waals surface area contributed by atoms with E-state index >= 15 is 0 Å². The lowest BCUT2D eigenvalue weighted by Gasteiger charge is -2.28. The number of benzene rings is 2. The van der Waals surface area contributed by atoms with Crippen LogP contribution in [0.25, 0.3) is 0 Å². The van der Waals surface area contributed by atoms with Crippen molar-refractivity contribution < 1.29 is 9.59 Å². The monoisotopic (exact) mass is 410 g/mol. The zero-order chi connectivity index (χ0) is 19.1. The summed E-state index contributed by atoms with van der Waals surface area (Å²) in [6.07, 6.45) is 0. The molecule has 0 aromatic heterocycles. The van der Waals surface area contributed by atoms with Gasteiger partial charge in [0.25, 0.3) is 0 Å². The Kier molecular flexibility index (Phi) is 7.82. The van der Waals surface area contributed by atoms with Crippen LogP contribution < -0.4 is 5.32 Å². The van der Waals surface area contributed by atoms with Crippen LogP contribution in [-0.2, 0) is 16.1 Å². The third-order valence-electron chi connectivity index (χ3n) is 3.88. The molecule has 1 atom stereocenters. The minimum atomic E-state index is -0.615. The number of amides is 2. The normalized spacial score (nSPS) is 11.7. The van der Waals surface area contributed by atoms with Crippen LogP contribution in [0.3, 0.4) is 0 Å². The number of hydrogen-bond acceptors (Lipinski definition) is 3. The molecular weight excluding hydrogens is 391 g/mol. The fourth-order valence-electron chi connectivity index (χ4n) is 2.37. The first kappa shape index (κ1) is 20.6. The first-order valence-electron chi connectivity index (χ1n) is 8.05. The van der Waals surface area contributed by atoms with E-state index in [1.54, 1.807) is 32.2 Å². The van der Waals surface area contributed by atoms with Gasteiger partial charge in [-0.1, -0.05) is 47.5 Å². The summed E-state index contributed by atoms with van der Waals surface area (Å²) in [6, 6.07) is 14.2. The molecule has 138 valence electrons. The third kappa shape index (κ3) is 5.66. The average Bonchev–Trinajstić information content (AvgIpc) is 2.65. The maximum Gasteiger partial charge on any atom is 0.242 e. The van der Waals surface area contributed by atoms with Gasteiger partial charge < -0.3 is 10.2 Å². The highest BCUT2D eigenvalue weighted by molar-refractivity contribution is 8.00. The van der Waals surface area contributed by atoms with Crippen molar-refractivity contribution in [2.24, 2.45) is 0 Å². The van der Waals surface area contributed by atoms with Gasteiger partial charge in [0.05, 0.1) is 5.75 Å². The van der Waals surface area contributed by atoms with Crippen molar-refractivity contribution in [3.8, 4) is 0 Å². The number of hydrogen-bond donors (Lipinski definition) is 1. The van der Waals surface area contributed by atoms with Crippen molar-refractivity contribution in [2.45, 2.75) is 24.4 Å². The van der Waals surface area contributed by atoms with Crippen molar-refractivity contribution in [3.05, 3.63) is 64.1 Å². The SMILES string of the molecule is CNC(=O)[C@@H](C)N(Cc1ccc(Cl)cc1Cl)C(=O)CSc1ccccc1. The second-order valence-corrected chi connectivity index (χ2v) is 7.54. The van der Waals surface area contributed by atoms with Crippen molar-refractivity contribution >= 4 is 46.8 Å². The van der Waals surface area contributed by atoms with Crippen LogP contribution in [0, 0.1) is 0 Å². The number of halogens is 2. The molecule has 0 unspecified atom stereocenters. The molecular formula is C19H20Cl2N2O2S. The van der Waals surface area contributed by atoms with Crippen LogP contribution in [-0.4, -0.2) is 35.6 Å². The minimum Gasteiger partial charge on any atom is -0.357 e. The Morgan fingerprint density at radius 2 is 1.85 bits per heavy atom. The largest absolute Gasteiger partial charge is 0.357 e. The lowest BCUT2D eigenvalue weighted by Crippen LogP contribution is -2.47. The summed E-state index contributed by atoms with van der Waals surface area (Å²) in [5.74, 6) is -0.134. The van der Waals surface area contributed by atoms with E-state index in [0.29, 0.717) is 10.0 Å². The van der Waals surface area contributed by atoms with Gasteiger partial charge in [0.2, 0.25) is 11.8 Å². The Labute approximate surface area is 167 Å². The number of nitrogens with zero attached hydrogens (tertiary/aromatic N) is 1. The first-order chi connectivity index (χ1) is 12.4. The fourth-order valence-corrected chi connectivity index (χ4v) is 3.64. The molecule has 2 rings (SSSR count). The van der Waals surface area contributed by atoms with Crippen LogP contribution in [0.15, 0.2) is 53.4 Å². The highest BCUT2D eigenvalue weighted by Gasteiger charge is 2.26. The summed E-state index contributed by atoms with van der Waals surface area (Å²) in [5.41, 5.74) is 0.741. The highest BCUT2D eigenvalue weighted by Crippen LogP contribution is 2.24. The molecule has 4 nitrogen and oxygen atoms in total. The number of likely N-dealkylation sites (N-methyl/N-ethyl adjacent to an activating group) is 1. The van der Waals surface area contributed by atoms with E-state index in [2.05, 4.69) is 5.32 Å². The number of thioether (sulfide) groups is 1. The fraction of sp³-hybridized carbons (Fsp3) is 0.263. The van der Waals surface area contributed by atoms with E-state index in [9.17, 15) is 9.59 Å². The van der Waals surface area contributed by atoms with E-state index in [0.717, 1.165) is 10.5 Å². The topological polar surface area (TPSA) is 49.4 Å². The summed E-state index contributed by atoms with van der Waals surface area (Å²) in [4.78, 5) is 27.4. The molecule has 0 spiro atoms. The third-order valence-corrected chi connectivity index (χ3v) is 5.46. The van der Waals surface area contributed by atoms with Crippen molar-refractivity contribution in [1.82, 2.24) is 10.2 Å². The van der Waals surface area contributed by atoms with E-state index in [1.807, 2.05) is 30.3 Å². The average molecular weight is 411 g/mol. The maximum absolute atomic E-state index is 12.8. The van der Waals surface area contributed by atoms with Gasteiger partial charge >= 0.3 is 0 Å². The summed E-state index contributed by atoms with van der Waals surface area (Å²) in [7, 11) is 1.55. The summed E-state index contributed by atoms with van der Waals surface area (Å²) < 4.78 is 0. The molecule has 0 bridgehead atoms. The van der Waals surface area contributed by atoms with Crippen LogP contribution in [0.1, 0.15) is 12.5 Å². The van der Waals surface area contributed by atoms with Gasteiger partial charge in [-0.15, -0.1) is 11.8 Å². The highest BCUT2D eigenvalue weighted by atomic mass is 35.5. The number of nitrogens with one attached hydrogen (secondary N) is 1. The molecule has 2 aromatic carbocycles. The van der Waals surface area contributed by atoms with E-state index < -0.39 is 6.04 Å². The smallest absolute Gasteiger partial charge is 0.242 e. The van der Waals surface area contributed by atoms with Crippen molar-refractivity contribution in [3.63, 3.8) is 0 Å². The van der Waals surface area contributed by atoms with Gasteiger partial charge in [-0.2, -0.15) is 0 Å². The van der Waals surface area contributed by atoms with Crippen LogP contribution in [0.4, 0.5) is 0 Å². The molecule has 0 saturated heterocycles. The van der Waals surface area contributed by atoms with E-state index in [4.69, 9.17) is 23.2 Å². The van der Waals surface area contributed by atoms with Crippen LogP contribution in [0.2, 0.25) is 10.0 Å². The zero-order valence-corrected chi connectivity index (χ0v) is 16.9. The van der Waals surface area contributed by atoms with Gasteiger partial charge in [-0.25, -0.2) is 0 Å². The second kappa shape index (κ2) is 9.86. The van der Waals surface area contributed by atoms with Gasteiger partial charge in [-0.05, 0) is 36.8 Å². The van der Waals surface area contributed by atoms with E-state index in [-0.39, 0.29) is 24.1 Å². The second-order valence-electron chi connectivity index (χ2n) is 5.65. The molecule has 26 heavy (non-hydrogen) atoms. The van der Waals surface area contributed by atoms with Gasteiger partial charge in [0.1, 0.15) is 6.04 Å². The quantitative estimate of drug-likeness (QED) is 0.693. The molecule has 7 heteroatoms. The van der Waals surface area contributed by atoms with Crippen LogP contribution in [0.5, 0.6) is 0 Å². The molecule has 0 heterocycles. The Hall–Kier alpha value is -1.69. The molecule has 0 aliphatic heterocycles. The molecule has 2 amide bonds. The lowest BCUT2D eigenvalue weighted by atomic mass is 10.1. The molecule has 0 radical (unpaired) electrons. The zero-order valence-electron chi connectivity index (χ0n) is 14.5. The van der Waals surface area contributed by atoms with Gasteiger partial charge in [-0.3, -0.25) is 9.59 Å². The van der Waals surface area contributed by atoms with Crippen molar-refractivity contribution in [1.29, 1.82) is 0 Å². The Morgan fingerprint density at radius 1 is 1.15 bits per heavy atom. The standard InChI is InChI=1S/C19H20Cl2N2O2S/c1-13(19(25)22-2)23(11-14-8-9-15(20)10-17(14)21)18(24)12-26-16-6-4-3-5-7-16/h3-10,13H,11-12H2,1-2H3,(H,22,25)/t13-/m1/s1. The number of carbonyl (C=O) groups is 2. The predicted molar refractivity (Wildman–Crippen MR) is 108 cm³/mol. The molecule has 0 fully saturated rings. The lowest BCUT2D eigenvalue weighted by molar-refractivity contribution is -0.138. The molecule has 0 aliphatic carbocycles. The molecule has 0 aliphatic rings. The Balaban J connectivity index is 2.16. The van der Waals surface area contributed by atoms with Crippen molar-refractivity contribution in [2.75, 3.05) is 12.8 Å². The van der Waals surface area contributed by atoms with Gasteiger partial charge in [0.15, 0.2) is 0 Å². The maximum atomic E-state index is 12.8. The molecule has 0 saturated carbocycles. The van der Waals surface area contributed by atoms with Crippen LogP contribution >= 0.6 is 35.0 Å². The Morgan fingerprint density at radius 3 is 2.46 bits per heavy atom. The molecule has 2 aromatic rings. The number of rotatable bonds is 7. The molecule has 1 N–H and O–H groups in total.